The molecule has 16 heavy (non-hydrogen) atoms. The highest BCUT2D eigenvalue weighted by molar-refractivity contribution is 5.69. The summed E-state index contributed by atoms with van der Waals surface area (Å²) in [5, 5.41) is 0. The van der Waals surface area contributed by atoms with E-state index < -0.39 is 0 Å². The van der Waals surface area contributed by atoms with Crippen molar-refractivity contribution in [2.75, 3.05) is 0 Å². The Labute approximate surface area is 96.5 Å². The third-order valence-corrected chi connectivity index (χ3v) is 2.76. The van der Waals surface area contributed by atoms with Gasteiger partial charge in [0.2, 0.25) is 0 Å². The van der Waals surface area contributed by atoms with E-state index in [1.54, 1.807) is 0 Å². The summed E-state index contributed by atoms with van der Waals surface area (Å²) in [7, 11) is 0. The van der Waals surface area contributed by atoms with Gasteiger partial charge >= 0.3 is 0 Å². The van der Waals surface area contributed by atoms with Crippen LogP contribution in [0.5, 0.6) is 0 Å². The fraction of sp³-hybridized carbons (Fsp3) is 0.133. The van der Waals surface area contributed by atoms with E-state index >= 15 is 0 Å². The first-order chi connectivity index (χ1) is 7.70. The van der Waals surface area contributed by atoms with Crippen molar-refractivity contribution in [2.45, 2.75) is 13.8 Å². The zero-order chi connectivity index (χ0) is 11.5. The number of rotatable bonds is 2. The molecule has 0 aliphatic carbocycles. The molecule has 0 aromatic heterocycles. The van der Waals surface area contributed by atoms with Crippen LogP contribution in [0.25, 0.3) is 11.1 Å². The summed E-state index contributed by atoms with van der Waals surface area (Å²) in [5.74, 6) is 0. The Morgan fingerprint density at radius 1 is 0.875 bits per heavy atom. The van der Waals surface area contributed by atoms with Crippen LogP contribution in [0, 0.1) is 13.8 Å². The molecule has 0 radical (unpaired) electrons. The Bertz CT molecular complexity index is 509. The fourth-order valence-electron chi connectivity index (χ4n) is 1.71. The standard InChI is InChI=1S/C15H15N/c1-11-4-7-13(8-5-11)14-9-6-12(2)15(10-14)16-3/h4-10H,3H2,1-2H3. The molecule has 2 rings (SSSR count). The molecule has 2 aromatic carbocycles. The van der Waals surface area contributed by atoms with E-state index in [1.807, 2.05) is 6.92 Å². The number of nitrogens with zero attached hydrogens (tertiary/aromatic N) is 1. The van der Waals surface area contributed by atoms with Crippen molar-refractivity contribution in [3.8, 4) is 11.1 Å². The minimum Gasteiger partial charge on any atom is -0.264 e. The molecular weight excluding hydrogens is 194 g/mol. The molecule has 0 aliphatic heterocycles. The topological polar surface area (TPSA) is 12.4 Å². The van der Waals surface area contributed by atoms with Gasteiger partial charge in [0, 0.05) is 0 Å². The maximum Gasteiger partial charge on any atom is 0.0657 e. The second-order valence-electron chi connectivity index (χ2n) is 4.03. The zero-order valence-electron chi connectivity index (χ0n) is 9.70. The molecule has 0 heterocycles. The second kappa shape index (κ2) is 4.31. The summed E-state index contributed by atoms with van der Waals surface area (Å²) >= 11 is 0. The molecule has 0 atom stereocenters. The maximum absolute atomic E-state index is 4.02. The van der Waals surface area contributed by atoms with Gasteiger partial charge < -0.3 is 0 Å². The highest BCUT2D eigenvalue weighted by Crippen LogP contribution is 2.26. The van der Waals surface area contributed by atoms with Crippen molar-refractivity contribution in [3.05, 3.63) is 53.6 Å². The van der Waals surface area contributed by atoms with Gasteiger partial charge in [0.05, 0.1) is 5.69 Å². The van der Waals surface area contributed by atoms with Crippen LogP contribution in [0.2, 0.25) is 0 Å². The lowest BCUT2D eigenvalue weighted by atomic mass is 10.0. The lowest BCUT2D eigenvalue weighted by Gasteiger charge is -2.05. The molecular formula is C15H15N. The van der Waals surface area contributed by atoms with E-state index in [2.05, 4.69) is 61.1 Å². The van der Waals surface area contributed by atoms with Gasteiger partial charge in [-0.3, -0.25) is 4.99 Å². The van der Waals surface area contributed by atoms with Gasteiger partial charge in [-0.25, -0.2) is 0 Å². The molecule has 2 aromatic rings. The van der Waals surface area contributed by atoms with Crippen molar-refractivity contribution < 1.29 is 0 Å². The predicted octanol–water partition coefficient (Wildman–Crippen LogP) is 4.30. The molecule has 0 fully saturated rings. The molecule has 0 N–H and O–H groups in total. The lowest BCUT2D eigenvalue weighted by Crippen LogP contribution is -1.80. The van der Waals surface area contributed by atoms with Gasteiger partial charge in [0.25, 0.3) is 0 Å². The molecule has 80 valence electrons. The number of hydrogen-bond acceptors (Lipinski definition) is 1. The third-order valence-electron chi connectivity index (χ3n) is 2.76. The van der Waals surface area contributed by atoms with Crippen molar-refractivity contribution >= 4 is 12.4 Å². The fourth-order valence-corrected chi connectivity index (χ4v) is 1.71. The van der Waals surface area contributed by atoms with Crippen LogP contribution < -0.4 is 0 Å². The van der Waals surface area contributed by atoms with Crippen LogP contribution in [-0.2, 0) is 0 Å². The monoisotopic (exact) mass is 209 g/mol. The Morgan fingerprint density at radius 3 is 2.12 bits per heavy atom. The van der Waals surface area contributed by atoms with Gasteiger partial charge in [-0.2, -0.15) is 0 Å². The van der Waals surface area contributed by atoms with Crippen LogP contribution in [0.4, 0.5) is 5.69 Å². The van der Waals surface area contributed by atoms with E-state index in [0.29, 0.717) is 0 Å². The molecule has 0 saturated heterocycles. The third kappa shape index (κ3) is 2.03. The summed E-state index contributed by atoms with van der Waals surface area (Å²) < 4.78 is 0. The number of hydrogen-bond donors (Lipinski definition) is 0. The second-order valence-corrected chi connectivity index (χ2v) is 4.03. The zero-order valence-corrected chi connectivity index (χ0v) is 9.70. The number of benzene rings is 2. The van der Waals surface area contributed by atoms with Crippen molar-refractivity contribution in [3.63, 3.8) is 0 Å². The van der Waals surface area contributed by atoms with Crippen LogP contribution in [-0.4, -0.2) is 6.72 Å². The first-order valence-electron chi connectivity index (χ1n) is 5.35. The van der Waals surface area contributed by atoms with Gasteiger partial charge in [-0.05, 0) is 43.3 Å². The van der Waals surface area contributed by atoms with Gasteiger partial charge in [0.15, 0.2) is 0 Å². The predicted molar refractivity (Wildman–Crippen MR) is 70.6 cm³/mol. The van der Waals surface area contributed by atoms with E-state index in [1.165, 1.54) is 16.7 Å². The minimum atomic E-state index is 0.957. The van der Waals surface area contributed by atoms with E-state index in [0.717, 1.165) is 11.3 Å². The SMILES string of the molecule is C=Nc1cc(-c2ccc(C)cc2)ccc1C. The summed E-state index contributed by atoms with van der Waals surface area (Å²) in [6.45, 7) is 7.73. The summed E-state index contributed by atoms with van der Waals surface area (Å²) in [5.41, 5.74) is 5.80. The lowest BCUT2D eigenvalue weighted by molar-refractivity contribution is 1.40. The molecule has 1 nitrogen and oxygen atoms in total. The molecule has 0 saturated carbocycles. The van der Waals surface area contributed by atoms with Crippen LogP contribution in [0.3, 0.4) is 0 Å². The Kier molecular flexibility index (Phi) is 2.86. The average molecular weight is 209 g/mol. The Morgan fingerprint density at radius 2 is 1.50 bits per heavy atom. The van der Waals surface area contributed by atoms with Crippen molar-refractivity contribution in [1.82, 2.24) is 0 Å². The van der Waals surface area contributed by atoms with Crippen LogP contribution >= 0.6 is 0 Å². The summed E-state index contributed by atoms with van der Waals surface area (Å²) in [6, 6.07) is 14.8. The first-order valence-corrected chi connectivity index (χ1v) is 5.35. The molecule has 0 spiro atoms. The van der Waals surface area contributed by atoms with Crippen molar-refractivity contribution in [2.24, 2.45) is 4.99 Å². The quantitative estimate of drug-likeness (QED) is 0.654. The highest BCUT2D eigenvalue weighted by atomic mass is 14.7. The Balaban J connectivity index is 2.48. The normalized spacial score (nSPS) is 10.1. The molecule has 0 bridgehead atoms. The van der Waals surface area contributed by atoms with E-state index in [4.69, 9.17) is 0 Å². The van der Waals surface area contributed by atoms with E-state index in [-0.39, 0.29) is 0 Å². The molecule has 0 amide bonds. The molecule has 0 aliphatic rings. The maximum atomic E-state index is 4.02. The molecule has 1 heteroatoms. The number of aryl methyl sites for hydroxylation is 2. The first kappa shape index (κ1) is 10.6. The van der Waals surface area contributed by atoms with Gasteiger partial charge in [0.1, 0.15) is 0 Å². The number of aliphatic imine (C=N–C) groups is 1. The Hall–Kier alpha value is -1.89. The highest BCUT2D eigenvalue weighted by Gasteiger charge is 2.00. The largest absolute Gasteiger partial charge is 0.264 e. The minimum absolute atomic E-state index is 0.957. The van der Waals surface area contributed by atoms with Crippen molar-refractivity contribution in [1.29, 1.82) is 0 Å². The van der Waals surface area contributed by atoms with E-state index in [9.17, 15) is 0 Å². The van der Waals surface area contributed by atoms with Crippen LogP contribution in [0.15, 0.2) is 47.5 Å². The molecule has 0 unspecified atom stereocenters. The van der Waals surface area contributed by atoms with Crippen LogP contribution in [0.1, 0.15) is 11.1 Å². The van der Waals surface area contributed by atoms with Gasteiger partial charge in [-0.15, -0.1) is 0 Å². The average Bonchev–Trinajstić information content (AvgIpc) is 2.31. The smallest absolute Gasteiger partial charge is 0.0657 e. The summed E-state index contributed by atoms with van der Waals surface area (Å²) in [4.78, 5) is 4.02. The van der Waals surface area contributed by atoms with Gasteiger partial charge in [-0.1, -0.05) is 42.0 Å². The summed E-state index contributed by atoms with van der Waals surface area (Å²) in [6.07, 6.45) is 0.